The van der Waals surface area contributed by atoms with E-state index in [0.29, 0.717) is 0 Å². The number of aromatic nitrogens is 2. The number of fused-ring (bicyclic) bond motifs is 3. The quantitative estimate of drug-likeness (QED) is 0.166. The molecule has 0 saturated carbocycles. The van der Waals surface area contributed by atoms with E-state index in [1.54, 1.807) is 6.33 Å². The van der Waals surface area contributed by atoms with E-state index < -0.39 is 0 Å². The topological polar surface area (TPSA) is 25.8 Å². The van der Waals surface area contributed by atoms with Crippen molar-refractivity contribution in [3.63, 3.8) is 0 Å². The van der Waals surface area contributed by atoms with Gasteiger partial charge in [0, 0.05) is 17.3 Å². The Morgan fingerprint density at radius 1 is 0.286 bits per heavy atom. The number of hydrogen-bond acceptors (Lipinski definition) is 2. The maximum absolute atomic E-state index is 4.75. The monoisotopic (exact) mass is 708 g/mol. The summed E-state index contributed by atoms with van der Waals surface area (Å²) in [5, 5.41) is 10.1. The summed E-state index contributed by atoms with van der Waals surface area (Å²) in [5.74, 6) is 0. The molecule has 11 aromatic rings. The molecule has 0 saturated heterocycles. The molecule has 2 nitrogen and oxygen atoms in total. The third kappa shape index (κ3) is 4.44. The molecule has 0 atom stereocenters. The SMILES string of the molecule is c1ccc(-c2ccccc2-c2ccc3ccc4c(-c5ccccc5-c5ccccc5)cc(-c5ccc6c7c(cccc57)-c5ncncc5-6)c5ccc2c3c45)cc1. The van der Waals surface area contributed by atoms with Crippen molar-refractivity contribution in [2.75, 3.05) is 0 Å². The van der Waals surface area contributed by atoms with Crippen LogP contribution >= 0.6 is 0 Å². The summed E-state index contributed by atoms with van der Waals surface area (Å²) in [6, 6.07) is 67.1. The first-order chi connectivity index (χ1) is 27.8. The molecule has 0 N–H and O–H groups in total. The fourth-order valence-electron chi connectivity index (χ4n) is 9.56. The van der Waals surface area contributed by atoms with E-state index in [4.69, 9.17) is 4.98 Å². The Balaban J connectivity index is 1.21. The largest absolute Gasteiger partial charge is 0.244 e. The van der Waals surface area contributed by atoms with Crippen LogP contribution < -0.4 is 0 Å². The Morgan fingerprint density at radius 2 is 0.786 bits per heavy atom. The standard InChI is InChI=1S/C54H32N2/c1-3-12-33(13-4-1)36-16-7-9-18-38(36)40-24-22-35-23-25-44-48(39-19-10-8-17-37(39)34-14-5-2-6-15-34)30-49(45-29-28-43(40)51(35)53(44)45)41-26-27-46-50-31-55-32-56-54(50)47-21-11-20-42(41)52(46)47/h1-32H. The average molecular weight is 709 g/mol. The minimum atomic E-state index is 1.01. The molecule has 10 aromatic carbocycles. The molecule has 1 aliphatic carbocycles. The second kappa shape index (κ2) is 12.0. The van der Waals surface area contributed by atoms with E-state index >= 15 is 0 Å². The number of benzene rings is 10. The molecule has 12 rings (SSSR count). The van der Waals surface area contributed by atoms with E-state index in [0.717, 1.165) is 11.3 Å². The minimum absolute atomic E-state index is 1.01. The third-order valence-electron chi connectivity index (χ3n) is 12.0. The van der Waals surface area contributed by atoms with Crippen molar-refractivity contribution in [1.29, 1.82) is 0 Å². The maximum Gasteiger partial charge on any atom is 0.116 e. The summed E-state index contributed by atoms with van der Waals surface area (Å²) in [6.45, 7) is 0. The fourth-order valence-corrected chi connectivity index (χ4v) is 9.56. The van der Waals surface area contributed by atoms with Gasteiger partial charge in [0.05, 0.1) is 5.69 Å². The lowest BCUT2D eigenvalue weighted by Gasteiger charge is -2.22. The predicted octanol–water partition coefficient (Wildman–Crippen LogP) is 14.5. The van der Waals surface area contributed by atoms with Crippen LogP contribution in [0.4, 0.5) is 0 Å². The normalized spacial score (nSPS) is 11.9. The van der Waals surface area contributed by atoms with Crippen molar-refractivity contribution in [1.82, 2.24) is 9.97 Å². The van der Waals surface area contributed by atoms with Crippen molar-refractivity contribution in [3.8, 4) is 78.0 Å². The van der Waals surface area contributed by atoms with Crippen molar-refractivity contribution in [3.05, 3.63) is 195 Å². The van der Waals surface area contributed by atoms with Gasteiger partial charge >= 0.3 is 0 Å². The van der Waals surface area contributed by atoms with Gasteiger partial charge in [-0.2, -0.15) is 0 Å². The molecule has 56 heavy (non-hydrogen) atoms. The number of rotatable bonds is 5. The molecular formula is C54H32N2. The van der Waals surface area contributed by atoms with Crippen LogP contribution in [0.25, 0.3) is 121 Å². The molecule has 2 heteroatoms. The van der Waals surface area contributed by atoms with Gasteiger partial charge in [-0.15, -0.1) is 0 Å². The molecule has 0 fully saturated rings. The number of nitrogens with zero attached hydrogens (tertiary/aromatic N) is 2. The van der Waals surface area contributed by atoms with Crippen LogP contribution in [0.2, 0.25) is 0 Å². The first kappa shape index (κ1) is 31.0. The lowest BCUT2D eigenvalue weighted by Crippen LogP contribution is -1.94. The maximum atomic E-state index is 4.75. The molecule has 0 bridgehead atoms. The first-order valence-electron chi connectivity index (χ1n) is 19.2. The summed E-state index contributed by atoms with van der Waals surface area (Å²) < 4.78 is 0. The highest BCUT2D eigenvalue weighted by Crippen LogP contribution is 2.52. The Labute approximate surface area is 324 Å². The van der Waals surface area contributed by atoms with Gasteiger partial charge in [-0.1, -0.05) is 176 Å². The third-order valence-corrected chi connectivity index (χ3v) is 12.0. The van der Waals surface area contributed by atoms with Gasteiger partial charge in [-0.05, 0) is 110 Å². The predicted molar refractivity (Wildman–Crippen MR) is 235 cm³/mol. The molecule has 0 spiro atoms. The highest BCUT2D eigenvalue weighted by atomic mass is 14.8. The molecular weight excluding hydrogens is 677 g/mol. The molecule has 0 unspecified atom stereocenters. The highest BCUT2D eigenvalue weighted by Gasteiger charge is 2.26. The van der Waals surface area contributed by atoms with Crippen molar-refractivity contribution in [2.24, 2.45) is 0 Å². The zero-order chi connectivity index (χ0) is 36.7. The molecule has 258 valence electrons. The summed E-state index contributed by atoms with van der Waals surface area (Å²) in [6.07, 6.45) is 3.62. The molecule has 0 aliphatic heterocycles. The lowest BCUT2D eigenvalue weighted by molar-refractivity contribution is 1.18. The second-order valence-electron chi connectivity index (χ2n) is 14.8. The minimum Gasteiger partial charge on any atom is -0.244 e. The summed E-state index contributed by atoms with van der Waals surface area (Å²) in [5.41, 5.74) is 16.7. The molecule has 1 aliphatic rings. The summed E-state index contributed by atoms with van der Waals surface area (Å²) in [4.78, 5) is 9.16. The van der Waals surface area contributed by atoms with Gasteiger partial charge in [-0.3, -0.25) is 0 Å². The van der Waals surface area contributed by atoms with E-state index in [-0.39, 0.29) is 0 Å². The zero-order valence-corrected chi connectivity index (χ0v) is 30.4. The van der Waals surface area contributed by atoms with E-state index in [1.165, 1.54) is 110 Å². The van der Waals surface area contributed by atoms with Crippen LogP contribution in [-0.4, -0.2) is 9.97 Å². The van der Waals surface area contributed by atoms with E-state index in [9.17, 15) is 0 Å². The van der Waals surface area contributed by atoms with Crippen LogP contribution in [0, 0.1) is 0 Å². The lowest BCUT2D eigenvalue weighted by atomic mass is 9.81. The van der Waals surface area contributed by atoms with Crippen LogP contribution in [0.15, 0.2) is 195 Å². The Morgan fingerprint density at radius 3 is 1.50 bits per heavy atom. The van der Waals surface area contributed by atoms with Gasteiger partial charge in [0.15, 0.2) is 0 Å². The smallest absolute Gasteiger partial charge is 0.116 e. The zero-order valence-electron chi connectivity index (χ0n) is 30.4. The average Bonchev–Trinajstić information content (AvgIpc) is 3.61. The van der Waals surface area contributed by atoms with Crippen molar-refractivity contribution < 1.29 is 0 Å². The highest BCUT2D eigenvalue weighted by molar-refractivity contribution is 6.31. The Kier molecular flexibility index (Phi) is 6.66. The van der Waals surface area contributed by atoms with Crippen molar-refractivity contribution in [2.45, 2.75) is 0 Å². The summed E-state index contributed by atoms with van der Waals surface area (Å²) >= 11 is 0. The van der Waals surface area contributed by atoms with Crippen LogP contribution in [0.3, 0.4) is 0 Å². The fraction of sp³-hybridized carbons (Fsp3) is 0. The summed E-state index contributed by atoms with van der Waals surface area (Å²) in [7, 11) is 0. The van der Waals surface area contributed by atoms with Crippen molar-refractivity contribution >= 4 is 43.1 Å². The Bertz CT molecular complexity index is 3320. The van der Waals surface area contributed by atoms with E-state index in [2.05, 4.69) is 187 Å². The van der Waals surface area contributed by atoms with Gasteiger partial charge in [0.25, 0.3) is 0 Å². The van der Waals surface area contributed by atoms with Gasteiger partial charge in [-0.25, -0.2) is 9.97 Å². The van der Waals surface area contributed by atoms with Crippen LogP contribution in [0.1, 0.15) is 0 Å². The molecule has 1 aromatic heterocycles. The Hall–Kier alpha value is -7.42. The molecule has 0 amide bonds. The van der Waals surface area contributed by atoms with E-state index in [1.807, 2.05) is 6.20 Å². The molecule has 1 heterocycles. The molecule has 0 radical (unpaired) electrons. The van der Waals surface area contributed by atoms with Gasteiger partial charge < -0.3 is 0 Å². The number of hydrogen-bond donors (Lipinski definition) is 0. The van der Waals surface area contributed by atoms with Gasteiger partial charge in [0.2, 0.25) is 0 Å². The first-order valence-corrected chi connectivity index (χ1v) is 19.2. The van der Waals surface area contributed by atoms with Crippen LogP contribution in [-0.2, 0) is 0 Å². The van der Waals surface area contributed by atoms with Crippen LogP contribution in [0.5, 0.6) is 0 Å². The second-order valence-corrected chi connectivity index (χ2v) is 14.8. The van der Waals surface area contributed by atoms with Gasteiger partial charge in [0.1, 0.15) is 6.33 Å².